The summed E-state index contributed by atoms with van der Waals surface area (Å²) >= 11 is 8.80. The van der Waals surface area contributed by atoms with Crippen LogP contribution in [0.2, 0.25) is 0 Å². The molecule has 0 aliphatic rings. The number of anilines is 1. The van der Waals surface area contributed by atoms with Crippen LogP contribution in [0.4, 0.5) is 5.69 Å². The van der Waals surface area contributed by atoms with Crippen molar-refractivity contribution in [2.45, 2.75) is 0 Å². The zero-order valence-electron chi connectivity index (χ0n) is 9.95. The number of halogens is 3. The molecule has 20 heavy (non-hydrogen) atoms. The number of nitriles is 1. The summed E-state index contributed by atoms with van der Waals surface area (Å²) in [5.41, 5.74) is 1.43. The lowest BCUT2D eigenvalue weighted by Gasteiger charge is -2.09. The van der Waals surface area contributed by atoms with Crippen molar-refractivity contribution >= 4 is 66.0 Å². The molecular formula is C14H7Br2IN2O. The fourth-order valence-electron chi connectivity index (χ4n) is 1.58. The Morgan fingerprint density at radius 3 is 2.65 bits per heavy atom. The Kier molecular flexibility index (Phi) is 5.18. The molecule has 0 heterocycles. The Morgan fingerprint density at radius 1 is 1.20 bits per heavy atom. The summed E-state index contributed by atoms with van der Waals surface area (Å²) in [6, 6.07) is 12.7. The van der Waals surface area contributed by atoms with Gasteiger partial charge in [-0.15, -0.1) is 0 Å². The molecule has 0 saturated carbocycles. The Balaban J connectivity index is 2.33. The van der Waals surface area contributed by atoms with E-state index < -0.39 is 0 Å². The first-order chi connectivity index (χ1) is 9.51. The second-order valence-electron chi connectivity index (χ2n) is 3.88. The molecule has 0 spiro atoms. The second kappa shape index (κ2) is 6.70. The van der Waals surface area contributed by atoms with Gasteiger partial charge in [0.25, 0.3) is 5.91 Å². The predicted octanol–water partition coefficient (Wildman–Crippen LogP) is 4.94. The molecule has 1 amide bonds. The molecule has 6 heteroatoms. The van der Waals surface area contributed by atoms with Gasteiger partial charge >= 0.3 is 0 Å². The number of amides is 1. The molecule has 0 atom stereocenters. The van der Waals surface area contributed by atoms with E-state index in [4.69, 9.17) is 5.26 Å². The molecule has 2 aromatic carbocycles. The number of hydrogen-bond donors (Lipinski definition) is 1. The van der Waals surface area contributed by atoms with Crippen LogP contribution in [0.25, 0.3) is 0 Å². The summed E-state index contributed by atoms with van der Waals surface area (Å²) in [6.45, 7) is 0. The highest BCUT2D eigenvalue weighted by molar-refractivity contribution is 14.1. The summed E-state index contributed by atoms with van der Waals surface area (Å²) in [7, 11) is 0. The Morgan fingerprint density at radius 2 is 1.95 bits per heavy atom. The molecule has 0 unspecified atom stereocenters. The molecular weight excluding hydrogens is 499 g/mol. The standard InChI is InChI=1S/C14H7Br2IN2O/c15-9-1-4-13(8(5-9)7-18)19-14(20)11-6-10(17)2-3-12(11)16/h1-6H,(H,19,20). The molecule has 3 nitrogen and oxygen atoms in total. The van der Waals surface area contributed by atoms with Gasteiger partial charge in [0.05, 0.1) is 16.8 Å². The van der Waals surface area contributed by atoms with Crippen molar-refractivity contribution in [2.24, 2.45) is 0 Å². The third-order valence-electron chi connectivity index (χ3n) is 2.52. The molecule has 2 rings (SSSR count). The predicted molar refractivity (Wildman–Crippen MR) is 93.7 cm³/mol. The van der Waals surface area contributed by atoms with Crippen LogP contribution in [0.1, 0.15) is 15.9 Å². The van der Waals surface area contributed by atoms with Crippen LogP contribution in [0.5, 0.6) is 0 Å². The third-order valence-corrected chi connectivity index (χ3v) is 4.38. The summed E-state index contributed by atoms with van der Waals surface area (Å²) in [5, 5.41) is 11.8. The number of carbonyl (C=O) groups excluding carboxylic acids is 1. The molecule has 100 valence electrons. The number of rotatable bonds is 2. The van der Waals surface area contributed by atoms with Crippen molar-refractivity contribution in [1.82, 2.24) is 0 Å². The van der Waals surface area contributed by atoms with Crippen molar-refractivity contribution in [3.63, 3.8) is 0 Å². The van der Waals surface area contributed by atoms with Crippen LogP contribution in [0.3, 0.4) is 0 Å². The van der Waals surface area contributed by atoms with Crippen molar-refractivity contribution in [1.29, 1.82) is 5.26 Å². The van der Waals surface area contributed by atoms with E-state index in [1.165, 1.54) is 0 Å². The largest absolute Gasteiger partial charge is 0.321 e. The van der Waals surface area contributed by atoms with Crippen LogP contribution in [0.15, 0.2) is 45.3 Å². The Hall–Kier alpha value is -0.910. The fourth-order valence-corrected chi connectivity index (χ4v) is 2.86. The summed E-state index contributed by atoms with van der Waals surface area (Å²) in [4.78, 5) is 12.3. The van der Waals surface area contributed by atoms with E-state index in [-0.39, 0.29) is 5.91 Å². The van der Waals surface area contributed by atoms with Crippen LogP contribution in [-0.4, -0.2) is 5.91 Å². The van der Waals surface area contributed by atoms with E-state index >= 15 is 0 Å². The fraction of sp³-hybridized carbons (Fsp3) is 0. The smallest absolute Gasteiger partial charge is 0.256 e. The Bertz CT molecular complexity index is 726. The van der Waals surface area contributed by atoms with Gasteiger partial charge in [-0.1, -0.05) is 15.9 Å². The molecule has 0 aliphatic carbocycles. The number of nitrogens with one attached hydrogen (secondary N) is 1. The monoisotopic (exact) mass is 504 g/mol. The SMILES string of the molecule is N#Cc1cc(Br)ccc1NC(=O)c1cc(I)ccc1Br. The van der Waals surface area contributed by atoms with E-state index in [1.54, 1.807) is 24.3 Å². The van der Waals surface area contributed by atoms with Gasteiger partial charge in [-0.2, -0.15) is 5.26 Å². The molecule has 0 radical (unpaired) electrons. The quantitative estimate of drug-likeness (QED) is 0.588. The summed E-state index contributed by atoms with van der Waals surface area (Å²) in [6.07, 6.45) is 0. The average molecular weight is 506 g/mol. The summed E-state index contributed by atoms with van der Waals surface area (Å²) in [5.74, 6) is -0.255. The van der Waals surface area contributed by atoms with Gasteiger partial charge in [0.15, 0.2) is 0 Å². The zero-order valence-corrected chi connectivity index (χ0v) is 15.3. The van der Waals surface area contributed by atoms with Gasteiger partial charge in [-0.05, 0) is 74.9 Å². The molecule has 0 fully saturated rings. The maximum Gasteiger partial charge on any atom is 0.256 e. The second-order valence-corrected chi connectivity index (χ2v) is 6.90. The Labute approximate surface area is 146 Å². The lowest BCUT2D eigenvalue weighted by atomic mass is 10.1. The molecule has 1 N–H and O–H groups in total. The highest BCUT2D eigenvalue weighted by Crippen LogP contribution is 2.24. The van der Waals surface area contributed by atoms with Crippen molar-refractivity contribution in [3.05, 3.63) is 60.0 Å². The van der Waals surface area contributed by atoms with Gasteiger partial charge in [-0.3, -0.25) is 4.79 Å². The van der Waals surface area contributed by atoms with E-state index in [1.807, 2.05) is 12.1 Å². The summed E-state index contributed by atoms with van der Waals surface area (Å²) < 4.78 is 2.47. The minimum atomic E-state index is -0.255. The molecule has 0 bridgehead atoms. The maximum atomic E-state index is 12.3. The van der Waals surface area contributed by atoms with Gasteiger partial charge in [0.1, 0.15) is 6.07 Å². The first kappa shape index (κ1) is 15.5. The van der Waals surface area contributed by atoms with Gasteiger partial charge in [-0.25, -0.2) is 0 Å². The van der Waals surface area contributed by atoms with E-state index in [0.717, 1.165) is 8.04 Å². The van der Waals surface area contributed by atoms with E-state index in [2.05, 4.69) is 65.8 Å². The molecule has 2 aromatic rings. The number of benzene rings is 2. The van der Waals surface area contributed by atoms with Gasteiger partial charge in [0, 0.05) is 12.5 Å². The molecule has 0 aliphatic heterocycles. The topological polar surface area (TPSA) is 52.9 Å². The minimum absolute atomic E-state index is 0.255. The third kappa shape index (κ3) is 3.59. The zero-order chi connectivity index (χ0) is 14.7. The van der Waals surface area contributed by atoms with Gasteiger partial charge in [0.2, 0.25) is 0 Å². The van der Waals surface area contributed by atoms with Crippen molar-refractivity contribution < 1.29 is 4.79 Å². The normalized spacial score (nSPS) is 9.90. The van der Waals surface area contributed by atoms with Crippen LogP contribution < -0.4 is 5.32 Å². The van der Waals surface area contributed by atoms with Gasteiger partial charge < -0.3 is 5.32 Å². The van der Waals surface area contributed by atoms with Crippen molar-refractivity contribution in [2.75, 3.05) is 5.32 Å². The number of carbonyl (C=O) groups is 1. The number of nitrogens with zero attached hydrogens (tertiary/aromatic N) is 1. The number of hydrogen-bond acceptors (Lipinski definition) is 2. The first-order valence-corrected chi connectivity index (χ1v) is 8.14. The van der Waals surface area contributed by atoms with Crippen molar-refractivity contribution in [3.8, 4) is 6.07 Å². The average Bonchev–Trinajstić information content (AvgIpc) is 2.43. The van der Waals surface area contributed by atoms with Crippen LogP contribution in [0, 0.1) is 14.9 Å². The van der Waals surface area contributed by atoms with Crippen LogP contribution >= 0.6 is 54.5 Å². The lowest BCUT2D eigenvalue weighted by Crippen LogP contribution is -2.13. The first-order valence-electron chi connectivity index (χ1n) is 5.47. The maximum absolute atomic E-state index is 12.3. The van der Waals surface area contributed by atoms with E-state index in [9.17, 15) is 4.79 Å². The van der Waals surface area contributed by atoms with E-state index in [0.29, 0.717) is 21.3 Å². The highest BCUT2D eigenvalue weighted by Gasteiger charge is 2.13. The molecule has 0 saturated heterocycles. The highest BCUT2D eigenvalue weighted by atomic mass is 127. The minimum Gasteiger partial charge on any atom is -0.321 e. The molecule has 0 aromatic heterocycles. The van der Waals surface area contributed by atoms with Crippen LogP contribution in [-0.2, 0) is 0 Å². The lowest BCUT2D eigenvalue weighted by molar-refractivity contribution is 0.102.